The van der Waals surface area contributed by atoms with Gasteiger partial charge >= 0.3 is 0 Å². The molecule has 1 saturated heterocycles. The van der Waals surface area contributed by atoms with E-state index in [0.29, 0.717) is 23.0 Å². The molecule has 0 aromatic rings. The number of hydrogen-bond donors (Lipinski definition) is 0. The molecule has 1 aliphatic heterocycles. The minimum absolute atomic E-state index is 0.336. The monoisotopic (exact) mass is 184 g/mol. The molecular formula is C12H24O. The van der Waals surface area contributed by atoms with Crippen molar-refractivity contribution >= 4 is 0 Å². The highest BCUT2D eigenvalue weighted by Crippen LogP contribution is 2.41. The van der Waals surface area contributed by atoms with Gasteiger partial charge in [-0.1, -0.05) is 41.5 Å². The van der Waals surface area contributed by atoms with Crippen molar-refractivity contribution in [2.75, 3.05) is 0 Å². The number of hydrogen-bond acceptors (Lipinski definition) is 1. The van der Waals surface area contributed by atoms with Crippen LogP contribution in [0, 0.1) is 10.8 Å². The molecule has 0 N–H and O–H groups in total. The SMILES string of the molecule is CC(C)(C)CCC1OC1C(C)(C)C. The molecule has 0 spiro atoms. The van der Waals surface area contributed by atoms with Crippen LogP contribution in [0.2, 0.25) is 0 Å². The first-order valence-electron chi connectivity index (χ1n) is 5.36. The summed E-state index contributed by atoms with van der Waals surface area (Å²) in [5.41, 5.74) is 0.789. The molecule has 1 fully saturated rings. The van der Waals surface area contributed by atoms with Gasteiger partial charge in [0.15, 0.2) is 0 Å². The molecule has 0 amide bonds. The summed E-state index contributed by atoms with van der Waals surface area (Å²) in [6.07, 6.45) is 3.55. The van der Waals surface area contributed by atoms with Crippen molar-refractivity contribution in [3.63, 3.8) is 0 Å². The van der Waals surface area contributed by atoms with Gasteiger partial charge in [0, 0.05) is 0 Å². The second kappa shape index (κ2) is 3.27. The highest BCUT2D eigenvalue weighted by Gasteiger charge is 2.46. The molecular weight excluding hydrogens is 160 g/mol. The van der Waals surface area contributed by atoms with E-state index < -0.39 is 0 Å². The van der Waals surface area contributed by atoms with Gasteiger partial charge in [-0.2, -0.15) is 0 Å². The van der Waals surface area contributed by atoms with Gasteiger partial charge in [-0.3, -0.25) is 0 Å². The second-order valence-electron chi connectivity index (χ2n) is 6.56. The van der Waals surface area contributed by atoms with E-state index in [1.54, 1.807) is 0 Å². The third-order valence-corrected chi connectivity index (χ3v) is 2.61. The minimum Gasteiger partial charge on any atom is -0.369 e. The molecule has 0 aromatic heterocycles. The van der Waals surface area contributed by atoms with Crippen LogP contribution >= 0.6 is 0 Å². The topological polar surface area (TPSA) is 12.5 Å². The lowest BCUT2D eigenvalue weighted by atomic mass is 9.85. The van der Waals surface area contributed by atoms with Gasteiger partial charge < -0.3 is 4.74 Å². The van der Waals surface area contributed by atoms with Gasteiger partial charge in [0.25, 0.3) is 0 Å². The van der Waals surface area contributed by atoms with E-state index >= 15 is 0 Å². The zero-order valence-electron chi connectivity index (χ0n) is 9.98. The smallest absolute Gasteiger partial charge is 0.0889 e. The summed E-state index contributed by atoms with van der Waals surface area (Å²) in [6, 6.07) is 0. The first-order valence-corrected chi connectivity index (χ1v) is 5.36. The number of rotatable bonds is 2. The molecule has 1 nitrogen and oxygen atoms in total. The van der Waals surface area contributed by atoms with Crippen LogP contribution in [0.4, 0.5) is 0 Å². The van der Waals surface area contributed by atoms with Crippen molar-refractivity contribution in [3.05, 3.63) is 0 Å². The minimum atomic E-state index is 0.336. The number of epoxide rings is 1. The van der Waals surface area contributed by atoms with Gasteiger partial charge in [0.1, 0.15) is 0 Å². The van der Waals surface area contributed by atoms with E-state index in [1.807, 2.05) is 0 Å². The Morgan fingerprint density at radius 2 is 1.54 bits per heavy atom. The van der Waals surface area contributed by atoms with Gasteiger partial charge in [-0.05, 0) is 23.7 Å². The van der Waals surface area contributed by atoms with E-state index in [4.69, 9.17) is 4.74 Å². The standard InChI is InChI=1S/C12H24O/c1-11(2,3)8-7-9-10(13-9)12(4,5)6/h9-10H,7-8H2,1-6H3. The summed E-state index contributed by atoms with van der Waals surface area (Å²) in [4.78, 5) is 0. The average molecular weight is 184 g/mol. The summed E-state index contributed by atoms with van der Waals surface area (Å²) >= 11 is 0. The lowest BCUT2D eigenvalue weighted by molar-refractivity contribution is 0.256. The number of ether oxygens (including phenoxy) is 1. The van der Waals surface area contributed by atoms with Gasteiger partial charge in [0.05, 0.1) is 12.2 Å². The summed E-state index contributed by atoms with van der Waals surface area (Å²) in [7, 11) is 0. The fourth-order valence-corrected chi connectivity index (χ4v) is 1.70. The Bertz CT molecular complexity index is 171. The van der Waals surface area contributed by atoms with Crippen molar-refractivity contribution in [2.45, 2.75) is 66.6 Å². The summed E-state index contributed by atoms with van der Waals surface area (Å²) in [5.74, 6) is 0. The fourth-order valence-electron chi connectivity index (χ4n) is 1.70. The van der Waals surface area contributed by atoms with Crippen molar-refractivity contribution in [1.29, 1.82) is 0 Å². The van der Waals surface area contributed by atoms with Gasteiger partial charge in [-0.15, -0.1) is 0 Å². The quantitative estimate of drug-likeness (QED) is 0.597. The van der Waals surface area contributed by atoms with Crippen molar-refractivity contribution in [1.82, 2.24) is 0 Å². The van der Waals surface area contributed by atoms with Crippen LogP contribution < -0.4 is 0 Å². The predicted molar refractivity (Wildman–Crippen MR) is 56.8 cm³/mol. The Balaban J connectivity index is 2.22. The summed E-state index contributed by atoms with van der Waals surface area (Å²) in [6.45, 7) is 13.7. The van der Waals surface area contributed by atoms with Crippen LogP contribution in [0.1, 0.15) is 54.4 Å². The molecule has 2 atom stereocenters. The molecule has 1 heteroatoms. The lowest BCUT2D eigenvalue weighted by Crippen LogP contribution is -2.17. The molecule has 13 heavy (non-hydrogen) atoms. The first-order chi connectivity index (χ1) is 5.70. The Hall–Kier alpha value is -0.0400. The molecule has 0 bridgehead atoms. The van der Waals surface area contributed by atoms with Crippen molar-refractivity contribution in [3.8, 4) is 0 Å². The van der Waals surface area contributed by atoms with E-state index in [1.165, 1.54) is 12.8 Å². The molecule has 78 valence electrons. The van der Waals surface area contributed by atoms with Gasteiger partial charge in [-0.25, -0.2) is 0 Å². The van der Waals surface area contributed by atoms with Gasteiger partial charge in [0.2, 0.25) is 0 Å². The van der Waals surface area contributed by atoms with Crippen LogP contribution in [0.5, 0.6) is 0 Å². The molecule has 1 aliphatic rings. The highest BCUT2D eigenvalue weighted by atomic mass is 16.6. The summed E-state index contributed by atoms with van der Waals surface area (Å²) < 4.78 is 5.68. The van der Waals surface area contributed by atoms with E-state index in [9.17, 15) is 0 Å². The average Bonchev–Trinajstić information content (AvgIpc) is 2.57. The normalized spacial score (nSPS) is 29.1. The third kappa shape index (κ3) is 3.68. The molecule has 1 rings (SSSR count). The maximum Gasteiger partial charge on any atom is 0.0889 e. The Morgan fingerprint density at radius 1 is 1.00 bits per heavy atom. The maximum atomic E-state index is 5.68. The van der Waals surface area contributed by atoms with E-state index in [2.05, 4.69) is 41.5 Å². The Labute approximate surface area is 82.9 Å². The molecule has 1 heterocycles. The van der Waals surface area contributed by atoms with E-state index in [-0.39, 0.29) is 0 Å². The lowest BCUT2D eigenvalue weighted by Gasteiger charge is -2.18. The van der Waals surface area contributed by atoms with Crippen molar-refractivity contribution in [2.24, 2.45) is 10.8 Å². The fraction of sp³-hybridized carbons (Fsp3) is 1.00. The first kappa shape index (κ1) is 11.0. The highest BCUT2D eigenvalue weighted by molar-refractivity contribution is 4.93. The zero-order valence-corrected chi connectivity index (χ0v) is 9.98. The molecule has 0 aliphatic carbocycles. The zero-order chi connectivity index (χ0) is 10.3. The molecule has 0 saturated carbocycles. The van der Waals surface area contributed by atoms with Crippen LogP contribution in [0.25, 0.3) is 0 Å². The second-order valence-corrected chi connectivity index (χ2v) is 6.56. The van der Waals surface area contributed by atoms with Crippen LogP contribution in [-0.2, 0) is 4.74 Å². The largest absolute Gasteiger partial charge is 0.369 e. The molecule has 0 radical (unpaired) electrons. The molecule has 2 unspecified atom stereocenters. The van der Waals surface area contributed by atoms with Crippen LogP contribution in [-0.4, -0.2) is 12.2 Å². The van der Waals surface area contributed by atoms with Crippen LogP contribution in [0.3, 0.4) is 0 Å². The summed E-state index contributed by atoms with van der Waals surface area (Å²) in [5, 5.41) is 0. The third-order valence-electron chi connectivity index (χ3n) is 2.61. The maximum absolute atomic E-state index is 5.68. The van der Waals surface area contributed by atoms with Crippen molar-refractivity contribution < 1.29 is 4.74 Å². The molecule has 0 aromatic carbocycles. The predicted octanol–water partition coefficient (Wildman–Crippen LogP) is 3.63. The Morgan fingerprint density at radius 3 is 1.85 bits per heavy atom. The van der Waals surface area contributed by atoms with Crippen LogP contribution in [0.15, 0.2) is 0 Å². The Kier molecular flexibility index (Phi) is 2.78. The van der Waals surface area contributed by atoms with E-state index in [0.717, 1.165) is 0 Å².